The third kappa shape index (κ3) is 6.88. The van der Waals surface area contributed by atoms with Crippen molar-refractivity contribution in [2.24, 2.45) is 0 Å². The number of rotatable bonds is 14. The fourth-order valence-corrected chi connectivity index (χ4v) is 3.88. The van der Waals surface area contributed by atoms with Gasteiger partial charge in [-0.1, -0.05) is 24.3 Å². The lowest BCUT2D eigenvalue weighted by Gasteiger charge is -2.36. The van der Waals surface area contributed by atoms with Gasteiger partial charge in [-0.05, 0) is 66.3 Å². The third-order valence-electron chi connectivity index (χ3n) is 5.83. The summed E-state index contributed by atoms with van der Waals surface area (Å²) in [5, 5.41) is 37.0. The van der Waals surface area contributed by atoms with Crippen molar-refractivity contribution in [3.05, 3.63) is 84.0 Å². The molecule has 0 aliphatic carbocycles. The molecule has 2 aromatic rings. The van der Waals surface area contributed by atoms with E-state index in [-0.39, 0.29) is 48.7 Å². The molecule has 0 aromatic heterocycles. The minimum atomic E-state index is -4.69. The van der Waals surface area contributed by atoms with E-state index in [1.165, 1.54) is 48.6 Å². The average molecular weight is 511 g/mol. The van der Waals surface area contributed by atoms with E-state index in [1.54, 1.807) is 0 Å². The maximum atomic E-state index is 14.9. The summed E-state index contributed by atoms with van der Waals surface area (Å²) in [6, 6.07) is 8.46. The second-order valence-electron chi connectivity index (χ2n) is 8.54. The smallest absolute Gasteiger partial charge is 0.402 e. The highest BCUT2D eigenvalue weighted by molar-refractivity contribution is 5.52. The molecule has 0 amide bonds. The molecule has 0 radical (unpaired) electrons. The van der Waals surface area contributed by atoms with Gasteiger partial charge in [-0.25, -0.2) is 0 Å². The van der Waals surface area contributed by atoms with Crippen LogP contribution in [0, 0.1) is 0 Å². The Morgan fingerprint density at radius 1 is 0.806 bits per heavy atom. The van der Waals surface area contributed by atoms with Gasteiger partial charge in [-0.2, -0.15) is 13.2 Å². The molecule has 2 unspecified atom stereocenters. The molecule has 0 heterocycles. The maximum Gasteiger partial charge on any atom is 0.402 e. The largest absolute Gasteiger partial charge is 0.491 e. The number of hydrogen-bond acceptors (Lipinski definition) is 6. The van der Waals surface area contributed by atoms with Gasteiger partial charge in [-0.15, -0.1) is 13.2 Å². The number of allylic oxidation sites excluding steroid dienone is 2. The van der Waals surface area contributed by atoms with Crippen molar-refractivity contribution in [1.29, 1.82) is 0 Å². The van der Waals surface area contributed by atoms with Crippen LogP contribution in [-0.2, 0) is 18.3 Å². The first-order valence-electron chi connectivity index (χ1n) is 11.4. The van der Waals surface area contributed by atoms with Crippen LogP contribution in [0.5, 0.6) is 11.5 Å². The third-order valence-corrected chi connectivity index (χ3v) is 5.83. The number of alkyl halides is 3. The van der Waals surface area contributed by atoms with Crippen LogP contribution >= 0.6 is 0 Å². The van der Waals surface area contributed by atoms with Gasteiger partial charge in [0.1, 0.15) is 42.3 Å². The number of hydrogen-bond donors (Lipinski definition) is 4. The van der Waals surface area contributed by atoms with Crippen molar-refractivity contribution in [1.82, 2.24) is 0 Å². The van der Waals surface area contributed by atoms with Gasteiger partial charge < -0.3 is 29.9 Å². The zero-order chi connectivity index (χ0) is 26.9. The van der Waals surface area contributed by atoms with Crippen molar-refractivity contribution in [3.63, 3.8) is 0 Å². The minimum absolute atomic E-state index is 0.0136. The fraction of sp³-hybridized carbons (Fsp3) is 0.407. The Balaban J connectivity index is 2.63. The summed E-state index contributed by atoms with van der Waals surface area (Å²) in [6.07, 6.45) is -3.66. The van der Waals surface area contributed by atoms with Gasteiger partial charge in [-0.3, -0.25) is 0 Å². The summed E-state index contributed by atoms with van der Waals surface area (Å²) < 4.78 is 55.5. The topological polar surface area (TPSA) is 99.4 Å². The first kappa shape index (κ1) is 29.4. The highest BCUT2D eigenvalue weighted by atomic mass is 19.4. The molecule has 0 aliphatic heterocycles. The summed E-state index contributed by atoms with van der Waals surface area (Å²) in [4.78, 5) is 0. The molecule has 2 rings (SSSR count). The molecule has 0 saturated carbocycles. The minimum Gasteiger partial charge on any atom is -0.491 e. The fourth-order valence-electron chi connectivity index (χ4n) is 3.88. The summed E-state index contributed by atoms with van der Waals surface area (Å²) in [6.45, 7) is 7.01. The van der Waals surface area contributed by atoms with Gasteiger partial charge in [0.15, 0.2) is 0 Å². The van der Waals surface area contributed by atoms with Gasteiger partial charge in [0.25, 0.3) is 0 Å². The second-order valence-corrected chi connectivity index (χ2v) is 8.54. The Bertz CT molecular complexity index is 950. The highest BCUT2D eigenvalue weighted by Gasteiger charge is 2.55. The van der Waals surface area contributed by atoms with Crippen molar-refractivity contribution in [2.75, 3.05) is 26.4 Å². The average Bonchev–Trinajstić information content (AvgIpc) is 2.85. The quantitative estimate of drug-likeness (QED) is 0.291. The Kier molecular flexibility index (Phi) is 10.5. The Morgan fingerprint density at radius 2 is 1.19 bits per heavy atom. The molecule has 0 fully saturated rings. The van der Waals surface area contributed by atoms with E-state index in [4.69, 9.17) is 19.7 Å². The van der Waals surface area contributed by atoms with Crippen LogP contribution in [0.1, 0.15) is 29.2 Å². The van der Waals surface area contributed by atoms with E-state index >= 15 is 0 Å². The molecule has 0 spiro atoms. The molecule has 0 aliphatic rings. The molecule has 2 aromatic carbocycles. The SMILES string of the molecule is C=CCc1cc(OCC(O)CO)ccc1C(C)(c1ccc(OCC(O)CO)cc1CC=C)C(F)(F)F. The summed E-state index contributed by atoms with van der Waals surface area (Å²) in [5.74, 6) is 0.509. The Hall–Kier alpha value is -2.85. The van der Waals surface area contributed by atoms with Crippen molar-refractivity contribution >= 4 is 0 Å². The van der Waals surface area contributed by atoms with Crippen LogP contribution in [0.15, 0.2) is 61.7 Å². The standard InChI is InChI=1S/C27H33F3O6/c1-4-6-18-12-22(35-16-20(33)14-31)8-10-24(18)26(3,27(28,29)30)25-11-9-23(13-19(25)7-5-2)36-17-21(34)15-32/h4-5,8-13,20-21,31-34H,1-2,6-7,14-17H2,3H3. The monoisotopic (exact) mass is 510 g/mol. The molecule has 198 valence electrons. The number of halogens is 3. The number of ether oxygens (including phenoxy) is 2. The molecule has 2 atom stereocenters. The first-order valence-corrected chi connectivity index (χ1v) is 11.4. The predicted octanol–water partition coefficient (Wildman–Crippen LogP) is 3.48. The summed E-state index contributed by atoms with van der Waals surface area (Å²) in [5.41, 5.74) is -1.71. The van der Waals surface area contributed by atoms with Crippen LogP contribution < -0.4 is 9.47 Å². The molecule has 0 saturated heterocycles. The Morgan fingerprint density at radius 3 is 1.50 bits per heavy atom. The van der Waals surface area contributed by atoms with Crippen LogP contribution in [0.3, 0.4) is 0 Å². The molecular formula is C27H33F3O6. The van der Waals surface area contributed by atoms with Gasteiger partial charge >= 0.3 is 6.18 Å². The number of aliphatic hydroxyl groups excluding tert-OH is 4. The summed E-state index contributed by atoms with van der Waals surface area (Å²) in [7, 11) is 0. The van der Waals surface area contributed by atoms with Gasteiger partial charge in [0.05, 0.1) is 13.2 Å². The highest BCUT2D eigenvalue weighted by Crippen LogP contribution is 2.49. The van der Waals surface area contributed by atoms with E-state index in [0.717, 1.165) is 6.92 Å². The van der Waals surface area contributed by atoms with E-state index < -0.39 is 37.0 Å². The zero-order valence-corrected chi connectivity index (χ0v) is 20.2. The van der Waals surface area contributed by atoms with E-state index in [1.807, 2.05) is 0 Å². The molecule has 9 heteroatoms. The van der Waals surface area contributed by atoms with Crippen molar-refractivity contribution in [2.45, 2.75) is 43.6 Å². The molecule has 0 bridgehead atoms. The van der Waals surface area contributed by atoms with Gasteiger partial charge in [0, 0.05) is 0 Å². The van der Waals surface area contributed by atoms with E-state index in [0.29, 0.717) is 11.1 Å². The van der Waals surface area contributed by atoms with Crippen molar-refractivity contribution in [3.8, 4) is 11.5 Å². The number of aliphatic hydroxyl groups is 4. The number of benzene rings is 2. The van der Waals surface area contributed by atoms with E-state index in [2.05, 4.69) is 13.2 Å². The zero-order valence-electron chi connectivity index (χ0n) is 20.2. The van der Waals surface area contributed by atoms with Crippen LogP contribution in [0.4, 0.5) is 13.2 Å². The molecule has 6 nitrogen and oxygen atoms in total. The molecule has 4 N–H and O–H groups in total. The normalized spacial score (nSPS) is 15.0. The Labute approximate surface area is 208 Å². The molecular weight excluding hydrogens is 477 g/mol. The lowest BCUT2D eigenvalue weighted by Crippen LogP contribution is -2.42. The maximum absolute atomic E-state index is 14.9. The lowest BCUT2D eigenvalue weighted by molar-refractivity contribution is -0.173. The second kappa shape index (κ2) is 12.9. The first-order chi connectivity index (χ1) is 17.0. The summed E-state index contributed by atoms with van der Waals surface area (Å²) >= 11 is 0. The van der Waals surface area contributed by atoms with Crippen LogP contribution in [0.25, 0.3) is 0 Å². The molecule has 36 heavy (non-hydrogen) atoms. The predicted molar refractivity (Wildman–Crippen MR) is 130 cm³/mol. The van der Waals surface area contributed by atoms with Crippen molar-refractivity contribution < 1.29 is 43.1 Å². The van der Waals surface area contributed by atoms with Crippen LogP contribution in [-0.4, -0.2) is 65.2 Å². The lowest BCUT2D eigenvalue weighted by atomic mass is 9.71. The van der Waals surface area contributed by atoms with E-state index in [9.17, 15) is 23.4 Å². The van der Waals surface area contributed by atoms with Gasteiger partial charge in [0.2, 0.25) is 0 Å². The van der Waals surface area contributed by atoms with Crippen LogP contribution in [0.2, 0.25) is 0 Å².